The second-order valence-corrected chi connectivity index (χ2v) is 8.39. The molecule has 6 nitrogen and oxygen atoms in total. The van der Waals surface area contributed by atoms with Crippen LogP contribution in [0.2, 0.25) is 0 Å². The number of hydrogen-bond acceptors (Lipinski definition) is 6. The molecule has 4 aromatic carbocycles. The van der Waals surface area contributed by atoms with Crippen LogP contribution in [0.15, 0.2) is 126 Å². The van der Waals surface area contributed by atoms with Crippen LogP contribution in [-0.4, -0.2) is 18.6 Å². The predicted octanol–water partition coefficient (Wildman–Crippen LogP) is 6.71. The first-order valence-corrected chi connectivity index (χ1v) is 12.0. The molecule has 5 aromatic rings. The summed E-state index contributed by atoms with van der Waals surface area (Å²) in [5.41, 5.74) is 14.9. The highest BCUT2D eigenvalue weighted by Crippen LogP contribution is 2.39. The van der Waals surface area contributed by atoms with Gasteiger partial charge in [-0.1, -0.05) is 97.6 Å². The average molecular weight is 491 g/mol. The van der Waals surface area contributed by atoms with Gasteiger partial charge in [0.1, 0.15) is 18.1 Å². The van der Waals surface area contributed by atoms with Crippen LogP contribution in [0.5, 0.6) is 5.75 Å². The van der Waals surface area contributed by atoms with Gasteiger partial charge in [0.25, 0.3) is 0 Å². The number of hydrazine groups is 2. The zero-order valence-corrected chi connectivity index (χ0v) is 20.6. The molecule has 6 heteroatoms. The molecule has 1 heterocycles. The number of oxazole rings is 1. The summed E-state index contributed by atoms with van der Waals surface area (Å²) in [6, 6.07) is 36.3. The first-order valence-electron chi connectivity index (χ1n) is 12.0. The monoisotopic (exact) mass is 490 g/mol. The molecule has 3 N–H and O–H groups in total. The Morgan fingerprint density at radius 2 is 1.46 bits per heavy atom. The molecule has 0 atom stereocenters. The lowest BCUT2D eigenvalue weighted by molar-refractivity contribution is 0.332. The summed E-state index contributed by atoms with van der Waals surface area (Å²) in [4.78, 5) is 4.99. The van der Waals surface area contributed by atoms with Crippen molar-refractivity contribution in [3.63, 3.8) is 0 Å². The van der Waals surface area contributed by atoms with E-state index in [1.165, 1.54) is 0 Å². The molecular weight excluding hydrogens is 460 g/mol. The summed E-state index contributed by atoms with van der Waals surface area (Å²) in [5, 5.41) is 0. The predicted molar refractivity (Wildman–Crippen MR) is 150 cm³/mol. The number of aromatic nitrogens is 1. The number of ether oxygens (including phenoxy) is 1. The van der Waals surface area contributed by atoms with Gasteiger partial charge in [-0.2, -0.15) is 5.53 Å². The van der Waals surface area contributed by atoms with E-state index in [4.69, 9.17) is 14.1 Å². The van der Waals surface area contributed by atoms with Gasteiger partial charge in [-0.25, -0.2) is 10.4 Å². The van der Waals surface area contributed by atoms with Gasteiger partial charge in [-0.3, -0.25) is 0 Å². The van der Waals surface area contributed by atoms with Gasteiger partial charge < -0.3 is 14.6 Å². The van der Waals surface area contributed by atoms with E-state index in [-0.39, 0.29) is 1.43 Å². The second-order valence-electron chi connectivity index (χ2n) is 8.39. The van der Waals surface area contributed by atoms with Crippen molar-refractivity contribution in [2.45, 2.75) is 0 Å². The molecule has 0 aliphatic heterocycles. The molecule has 1 aromatic heterocycles. The topological polar surface area (TPSA) is 71.4 Å². The summed E-state index contributed by atoms with van der Waals surface area (Å²) in [6.07, 6.45) is 0. The van der Waals surface area contributed by atoms with Gasteiger partial charge in [0.2, 0.25) is 5.89 Å². The molecule has 0 radical (unpaired) electrons. The average Bonchev–Trinajstić information content (AvgIpc) is 3.42. The summed E-state index contributed by atoms with van der Waals surface area (Å²) >= 11 is 0. The number of nitrogens with one attached hydrogen (secondary N) is 3. The van der Waals surface area contributed by atoms with E-state index in [9.17, 15) is 0 Å². The molecule has 0 unspecified atom stereocenters. The second kappa shape index (κ2) is 11.4. The molecule has 0 aliphatic carbocycles. The van der Waals surface area contributed by atoms with Crippen LogP contribution >= 0.6 is 0 Å². The van der Waals surface area contributed by atoms with Crippen LogP contribution in [0, 0.1) is 0 Å². The lowest BCUT2D eigenvalue weighted by atomic mass is 9.99. The zero-order valence-electron chi connectivity index (χ0n) is 20.6. The van der Waals surface area contributed by atoms with E-state index in [1.807, 2.05) is 84.9 Å². The molecule has 0 saturated heterocycles. The minimum absolute atomic E-state index is 0. The largest absolute Gasteiger partial charge is 0.487 e. The maximum Gasteiger partial charge on any atom is 0.227 e. The number of benzene rings is 4. The molecule has 37 heavy (non-hydrogen) atoms. The van der Waals surface area contributed by atoms with E-state index < -0.39 is 0 Å². The lowest BCUT2D eigenvalue weighted by Crippen LogP contribution is -2.41. The molecule has 0 aliphatic rings. The fraction of sp³-hybridized carbons (Fsp3) is 0.0645. The van der Waals surface area contributed by atoms with Crippen molar-refractivity contribution in [3.05, 3.63) is 121 Å². The Morgan fingerprint density at radius 3 is 2.19 bits per heavy atom. The van der Waals surface area contributed by atoms with E-state index in [0.29, 0.717) is 18.2 Å². The lowest BCUT2D eigenvalue weighted by Gasteiger charge is -2.13. The number of hydrogen-bond donors (Lipinski definition) is 3. The Hall–Kier alpha value is -4.65. The fourth-order valence-electron chi connectivity index (χ4n) is 4.04. The van der Waals surface area contributed by atoms with Gasteiger partial charge in [-0.15, -0.1) is 0 Å². The maximum absolute atomic E-state index is 6.48. The Morgan fingerprint density at radius 1 is 0.811 bits per heavy atom. The van der Waals surface area contributed by atoms with E-state index in [1.54, 1.807) is 7.05 Å². The summed E-state index contributed by atoms with van der Waals surface area (Å²) in [7, 11) is 1.77. The highest BCUT2D eigenvalue weighted by Gasteiger charge is 2.20. The van der Waals surface area contributed by atoms with Crippen LogP contribution in [-0.2, 0) is 0 Å². The van der Waals surface area contributed by atoms with Crippen LogP contribution in [0.25, 0.3) is 45.2 Å². The minimum Gasteiger partial charge on any atom is -0.487 e. The van der Waals surface area contributed by atoms with Crippen molar-refractivity contribution >= 4 is 0 Å². The van der Waals surface area contributed by atoms with Crippen molar-refractivity contribution in [2.75, 3.05) is 13.7 Å². The van der Waals surface area contributed by atoms with Gasteiger partial charge in [0.05, 0.1) is 5.70 Å². The van der Waals surface area contributed by atoms with E-state index in [2.05, 4.69) is 47.2 Å². The molecule has 0 fully saturated rings. The molecule has 0 spiro atoms. The normalized spacial score (nSPS) is 10.7. The van der Waals surface area contributed by atoms with E-state index >= 15 is 0 Å². The zero-order chi connectivity index (χ0) is 25.5. The Bertz CT molecular complexity index is 1430. The highest BCUT2D eigenvalue weighted by atomic mass is 16.5. The highest BCUT2D eigenvalue weighted by molar-refractivity contribution is 5.84. The fourth-order valence-corrected chi connectivity index (χ4v) is 4.04. The quantitative estimate of drug-likeness (QED) is 0.189. The van der Waals surface area contributed by atoms with Gasteiger partial charge in [0.15, 0.2) is 5.76 Å². The van der Waals surface area contributed by atoms with Crippen molar-refractivity contribution in [2.24, 2.45) is 0 Å². The molecule has 186 valence electrons. The third kappa shape index (κ3) is 5.62. The van der Waals surface area contributed by atoms with Gasteiger partial charge in [0, 0.05) is 25.2 Å². The Balaban J connectivity index is 0.00000336. The molecule has 0 amide bonds. The van der Waals surface area contributed by atoms with Gasteiger partial charge in [-0.05, 0) is 29.3 Å². The third-order valence-electron chi connectivity index (χ3n) is 5.79. The first-order chi connectivity index (χ1) is 18.2. The van der Waals surface area contributed by atoms with Crippen LogP contribution in [0.1, 0.15) is 1.43 Å². The van der Waals surface area contributed by atoms with Gasteiger partial charge >= 0.3 is 0 Å². The Kier molecular flexibility index (Phi) is 7.41. The SMILES string of the molecule is C=C(COc1cccc(-c2ccccc2-c2nc(-c3ccccc3)c(-c3ccccc3)o2)c1)NNNC.[HH]. The molecular formula is C31H30N4O2. The molecule has 5 rings (SSSR count). The molecule has 0 saturated carbocycles. The number of nitrogens with zero attached hydrogens (tertiary/aromatic N) is 1. The van der Waals surface area contributed by atoms with Crippen LogP contribution in [0.3, 0.4) is 0 Å². The maximum atomic E-state index is 6.48. The summed E-state index contributed by atoms with van der Waals surface area (Å²) in [5.74, 6) is 2.05. The van der Waals surface area contributed by atoms with Crippen molar-refractivity contribution in [1.82, 2.24) is 21.4 Å². The number of rotatable bonds is 10. The minimum atomic E-state index is 0. The van der Waals surface area contributed by atoms with Crippen molar-refractivity contribution in [3.8, 4) is 50.9 Å². The Labute approximate surface area is 218 Å². The smallest absolute Gasteiger partial charge is 0.227 e. The third-order valence-corrected chi connectivity index (χ3v) is 5.79. The molecule has 0 bridgehead atoms. The summed E-state index contributed by atoms with van der Waals surface area (Å²) < 4.78 is 12.4. The first kappa shape index (κ1) is 24.1. The van der Waals surface area contributed by atoms with E-state index in [0.717, 1.165) is 45.0 Å². The van der Waals surface area contributed by atoms with Crippen LogP contribution in [0.4, 0.5) is 0 Å². The van der Waals surface area contributed by atoms with Crippen LogP contribution < -0.4 is 21.1 Å². The van der Waals surface area contributed by atoms with Crippen molar-refractivity contribution < 1.29 is 10.6 Å². The standard InChI is InChI=1S/C31H28N4O2.H2/c1-22(34-35-32-2)21-36-26-17-11-16-25(20-26)27-18-9-10-19-28(27)31-33-29(23-12-5-3-6-13-23)30(37-31)24-14-7-4-8-15-24;/h3-20,32,34-35H,1,21H2,2H3;1H. The summed E-state index contributed by atoms with van der Waals surface area (Å²) in [6.45, 7) is 4.26. The van der Waals surface area contributed by atoms with Crippen molar-refractivity contribution in [1.29, 1.82) is 0 Å².